The van der Waals surface area contributed by atoms with Gasteiger partial charge in [0.1, 0.15) is 12.6 Å². The van der Waals surface area contributed by atoms with Crippen molar-refractivity contribution >= 4 is 23.2 Å². The maximum Gasteiger partial charge on any atom is 0.387 e. The molecule has 29 heavy (non-hydrogen) atoms. The lowest BCUT2D eigenvalue weighted by atomic mass is 9.90. The number of likely N-dealkylation sites (N-methyl/N-ethyl adjacent to an activating group) is 1. The van der Waals surface area contributed by atoms with Crippen molar-refractivity contribution in [2.45, 2.75) is 38.0 Å². The van der Waals surface area contributed by atoms with E-state index in [1.807, 2.05) is 11.9 Å². The minimum atomic E-state index is -3.08. The van der Waals surface area contributed by atoms with Gasteiger partial charge in [0.05, 0.1) is 12.3 Å². The minimum Gasteiger partial charge on any atom is -0.433 e. The molecule has 0 bridgehead atoms. The topological polar surface area (TPSA) is 97.1 Å². The van der Waals surface area contributed by atoms with E-state index in [1.54, 1.807) is 6.07 Å². The smallest absolute Gasteiger partial charge is 0.387 e. The first-order chi connectivity index (χ1) is 13.9. The van der Waals surface area contributed by atoms with Crippen LogP contribution in [0.2, 0.25) is 0 Å². The Labute approximate surface area is 167 Å². The Morgan fingerprint density at radius 1 is 1.45 bits per heavy atom. The van der Waals surface area contributed by atoms with Crippen molar-refractivity contribution in [3.05, 3.63) is 18.2 Å². The van der Waals surface area contributed by atoms with Crippen LogP contribution in [0.25, 0.3) is 0 Å². The van der Waals surface area contributed by atoms with Crippen LogP contribution in [0.15, 0.2) is 18.2 Å². The van der Waals surface area contributed by atoms with Crippen molar-refractivity contribution in [3.63, 3.8) is 0 Å². The minimum absolute atomic E-state index is 0.0742. The molecule has 3 N–H and O–H groups in total. The molecule has 1 aliphatic carbocycles. The Morgan fingerprint density at radius 3 is 2.79 bits per heavy atom. The lowest BCUT2D eigenvalue weighted by Gasteiger charge is -2.38. The first kappa shape index (κ1) is 21.4. The zero-order valence-electron chi connectivity index (χ0n) is 16.3. The number of nitrogens with one attached hydrogen (secondary N) is 1. The van der Waals surface area contributed by atoms with Gasteiger partial charge >= 0.3 is 6.61 Å². The molecule has 0 aromatic heterocycles. The van der Waals surface area contributed by atoms with Gasteiger partial charge in [0.15, 0.2) is 5.75 Å². The highest BCUT2D eigenvalue weighted by Gasteiger charge is 2.31. The number of ether oxygens (including phenoxy) is 2. The highest BCUT2D eigenvalue weighted by Crippen LogP contribution is 2.32. The van der Waals surface area contributed by atoms with E-state index < -0.39 is 18.6 Å². The number of nitrogens with zero attached hydrogens (tertiary/aromatic N) is 2. The Kier molecular flexibility index (Phi) is 6.99. The molecule has 2 amide bonds. The number of anilines is 2. The molecule has 1 aliphatic heterocycles. The number of carbonyl (C=O) groups is 2. The number of halogens is 2. The second-order valence-corrected chi connectivity index (χ2v) is 7.15. The molecule has 8 nitrogen and oxygen atoms in total. The van der Waals surface area contributed by atoms with Crippen LogP contribution in [0.5, 0.6) is 5.75 Å². The van der Waals surface area contributed by atoms with Gasteiger partial charge < -0.3 is 25.4 Å². The SMILES string of the molecule is CN(C1CCC1)[C@@H](CN)C(=O)Nc1ccc(N2CCOCC2=O)cc1OC(F)F. The molecule has 2 aliphatic rings. The Hall–Kier alpha value is -2.30. The predicted octanol–water partition coefficient (Wildman–Crippen LogP) is 1.40. The predicted molar refractivity (Wildman–Crippen MR) is 103 cm³/mol. The number of amides is 2. The quantitative estimate of drug-likeness (QED) is 0.670. The van der Waals surface area contributed by atoms with Gasteiger partial charge in [0.25, 0.3) is 5.91 Å². The molecule has 1 aromatic carbocycles. The molecular weight excluding hydrogens is 386 g/mol. The van der Waals surface area contributed by atoms with Crippen LogP contribution < -0.4 is 20.7 Å². The maximum absolute atomic E-state index is 12.9. The zero-order chi connectivity index (χ0) is 21.0. The third-order valence-electron chi connectivity index (χ3n) is 5.40. The van der Waals surface area contributed by atoms with E-state index in [1.165, 1.54) is 17.0 Å². The lowest BCUT2D eigenvalue weighted by Crippen LogP contribution is -2.52. The Balaban J connectivity index is 1.79. The summed E-state index contributed by atoms with van der Waals surface area (Å²) >= 11 is 0. The van der Waals surface area contributed by atoms with E-state index in [0.717, 1.165) is 19.3 Å². The van der Waals surface area contributed by atoms with Gasteiger partial charge in [-0.1, -0.05) is 6.42 Å². The molecule has 1 saturated carbocycles. The lowest BCUT2D eigenvalue weighted by molar-refractivity contribution is -0.125. The van der Waals surface area contributed by atoms with Crippen LogP contribution in [0.3, 0.4) is 0 Å². The summed E-state index contributed by atoms with van der Waals surface area (Å²) < 4.78 is 35.6. The summed E-state index contributed by atoms with van der Waals surface area (Å²) in [5, 5.41) is 2.65. The van der Waals surface area contributed by atoms with Crippen LogP contribution in [0.1, 0.15) is 19.3 Å². The molecular formula is C19H26F2N4O4. The van der Waals surface area contributed by atoms with E-state index >= 15 is 0 Å². The number of morpholine rings is 1. The van der Waals surface area contributed by atoms with Crippen molar-refractivity contribution in [1.29, 1.82) is 0 Å². The first-order valence-electron chi connectivity index (χ1n) is 9.60. The number of benzene rings is 1. The summed E-state index contributed by atoms with van der Waals surface area (Å²) in [4.78, 5) is 28.1. The van der Waals surface area contributed by atoms with E-state index in [0.29, 0.717) is 24.9 Å². The summed E-state index contributed by atoms with van der Waals surface area (Å²) in [5.74, 6) is -0.884. The van der Waals surface area contributed by atoms with E-state index in [9.17, 15) is 18.4 Å². The fourth-order valence-electron chi connectivity index (χ4n) is 3.49. The van der Waals surface area contributed by atoms with Crippen LogP contribution in [0, 0.1) is 0 Å². The fourth-order valence-corrected chi connectivity index (χ4v) is 3.49. The average Bonchev–Trinajstić information content (AvgIpc) is 2.62. The van der Waals surface area contributed by atoms with Gasteiger partial charge in [-0.05, 0) is 32.0 Å². The van der Waals surface area contributed by atoms with Crippen molar-refractivity contribution in [2.75, 3.05) is 43.6 Å². The van der Waals surface area contributed by atoms with E-state index in [2.05, 4.69) is 10.1 Å². The number of alkyl halides is 2. The molecule has 3 rings (SSSR count). The summed E-state index contributed by atoms with van der Waals surface area (Å²) in [6.07, 6.45) is 3.12. The zero-order valence-corrected chi connectivity index (χ0v) is 16.3. The summed E-state index contributed by atoms with van der Waals surface area (Å²) in [5.41, 5.74) is 6.29. The van der Waals surface area contributed by atoms with Gasteiger partial charge in [-0.25, -0.2) is 0 Å². The third kappa shape index (κ3) is 5.01. The molecule has 0 radical (unpaired) electrons. The summed E-state index contributed by atoms with van der Waals surface area (Å²) in [6.45, 7) is -2.40. The number of nitrogens with two attached hydrogens (primary N) is 1. The largest absolute Gasteiger partial charge is 0.433 e. The fraction of sp³-hybridized carbons (Fsp3) is 0.579. The Morgan fingerprint density at radius 2 is 2.21 bits per heavy atom. The van der Waals surface area contributed by atoms with Crippen molar-refractivity contribution < 1.29 is 27.8 Å². The van der Waals surface area contributed by atoms with E-state index in [4.69, 9.17) is 10.5 Å². The van der Waals surface area contributed by atoms with Crippen molar-refractivity contribution in [2.24, 2.45) is 5.73 Å². The van der Waals surface area contributed by atoms with Crippen LogP contribution in [0.4, 0.5) is 20.2 Å². The monoisotopic (exact) mass is 412 g/mol. The van der Waals surface area contributed by atoms with Gasteiger partial charge in [0.2, 0.25) is 5.91 Å². The van der Waals surface area contributed by atoms with E-state index in [-0.39, 0.29) is 30.5 Å². The van der Waals surface area contributed by atoms with Crippen LogP contribution in [-0.2, 0) is 14.3 Å². The highest BCUT2D eigenvalue weighted by atomic mass is 19.3. The first-order valence-corrected chi connectivity index (χ1v) is 9.60. The molecule has 1 heterocycles. The highest BCUT2D eigenvalue weighted by molar-refractivity contribution is 5.98. The molecule has 0 unspecified atom stereocenters. The molecule has 1 saturated heterocycles. The molecule has 160 valence electrons. The van der Waals surface area contributed by atoms with Crippen molar-refractivity contribution in [3.8, 4) is 5.75 Å². The van der Waals surface area contributed by atoms with Crippen molar-refractivity contribution in [1.82, 2.24) is 4.90 Å². The number of hydrogen-bond acceptors (Lipinski definition) is 6. The number of rotatable bonds is 8. The molecule has 0 spiro atoms. The standard InChI is InChI=1S/C19H26F2N4O4/c1-24(12-3-2-4-12)15(10-22)18(27)23-14-6-5-13(9-16(14)29-19(20)21)25-7-8-28-11-17(25)26/h5-6,9,12,15,19H,2-4,7-8,10-11,22H2,1H3,(H,23,27)/t15-/m0/s1. The second kappa shape index (κ2) is 9.47. The number of carbonyl (C=O) groups excluding carboxylic acids is 2. The van der Waals surface area contributed by atoms with Gasteiger partial charge in [0, 0.05) is 30.9 Å². The average molecular weight is 412 g/mol. The van der Waals surface area contributed by atoms with Gasteiger partial charge in [-0.3, -0.25) is 14.5 Å². The van der Waals surface area contributed by atoms with Crippen LogP contribution in [-0.4, -0.2) is 68.8 Å². The molecule has 1 aromatic rings. The molecule has 1 atom stereocenters. The molecule has 2 fully saturated rings. The number of hydrogen-bond donors (Lipinski definition) is 2. The van der Waals surface area contributed by atoms with Crippen LogP contribution >= 0.6 is 0 Å². The second-order valence-electron chi connectivity index (χ2n) is 7.15. The normalized spacial score (nSPS) is 18.7. The third-order valence-corrected chi connectivity index (χ3v) is 5.40. The Bertz CT molecular complexity index is 745. The summed E-state index contributed by atoms with van der Waals surface area (Å²) in [7, 11) is 1.84. The van der Waals surface area contributed by atoms with Gasteiger partial charge in [-0.2, -0.15) is 8.78 Å². The summed E-state index contributed by atoms with van der Waals surface area (Å²) in [6, 6.07) is 4.05. The maximum atomic E-state index is 12.9. The van der Waals surface area contributed by atoms with Gasteiger partial charge in [-0.15, -0.1) is 0 Å². The molecule has 10 heteroatoms.